The molecule has 4 rings (SSSR count). The molecule has 2 N–H and O–H groups in total. The van der Waals surface area contributed by atoms with Gasteiger partial charge in [0, 0.05) is 31.2 Å². The van der Waals surface area contributed by atoms with Crippen LogP contribution in [0.1, 0.15) is 25.0 Å². The highest BCUT2D eigenvalue weighted by Gasteiger charge is 2.38. The molecule has 24 heavy (non-hydrogen) atoms. The van der Waals surface area contributed by atoms with Crippen molar-refractivity contribution < 1.29 is 8.81 Å². The van der Waals surface area contributed by atoms with Crippen molar-refractivity contribution in [2.24, 2.45) is 17.6 Å². The number of fused-ring (bicyclic) bond motifs is 1. The lowest BCUT2D eigenvalue weighted by atomic mass is 9.78. The molecule has 3 unspecified atom stereocenters. The highest BCUT2D eigenvalue weighted by molar-refractivity contribution is 5.85. The number of halogens is 2. The van der Waals surface area contributed by atoms with Crippen LogP contribution in [0.2, 0.25) is 0 Å². The minimum atomic E-state index is -0.278. The van der Waals surface area contributed by atoms with Gasteiger partial charge >= 0.3 is 0 Å². The van der Waals surface area contributed by atoms with E-state index in [1.807, 2.05) is 6.07 Å². The monoisotopic (exact) mass is 351 g/mol. The summed E-state index contributed by atoms with van der Waals surface area (Å²) in [6.07, 6.45) is 5.39. The molecule has 2 heterocycles. The van der Waals surface area contributed by atoms with Crippen LogP contribution in [0.15, 0.2) is 34.9 Å². The van der Waals surface area contributed by atoms with Crippen molar-refractivity contribution >= 4 is 12.4 Å². The molecule has 0 amide bonds. The summed E-state index contributed by atoms with van der Waals surface area (Å²) in [5, 5.41) is 0. The third-order valence-corrected chi connectivity index (χ3v) is 5.24. The number of oxazole rings is 1. The molecule has 1 saturated heterocycles. The highest BCUT2D eigenvalue weighted by atomic mass is 35.5. The Kier molecular flexibility index (Phi) is 5.23. The van der Waals surface area contributed by atoms with Crippen molar-refractivity contribution in [2.45, 2.75) is 31.8 Å². The molecule has 1 saturated carbocycles. The molecule has 2 aliphatic rings. The summed E-state index contributed by atoms with van der Waals surface area (Å²) in [5.41, 5.74) is 7.85. The minimum absolute atomic E-state index is 0. The number of hydrogen-bond donors (Lipinski definition) is 1. The highest BCUT2D eigenvalue weighted by Crippen LogP contribution is 2.36. The summed E-state index contributed by atoms with van der Waals surface area (Å²) >= 11 is 0. The molecule has 1 aliphatic carbocycles. The molecule has 1 aromatic heterocycles. The molecule has 0 bridgehead atoms. The zero-order valence-electron chi connectivity index (χ0n) is 13.5. The number of hydrogen-bond acceptors (Lipinski definition) is 4. The van der Waals surface area contributed by atoms with Gasteiger partial charge in [0.2, 0.25) is 5.89 Å². The second kappa shape index (κ2) is 7.21. The Hall–Kier alpha value is -1.43. The van der Waals surface area contributed by atoms with Crippen LogP contribution in [0, 0.1) is 17.7 Å². The largest absolute Gasteiger partial charge is 0.444 e. The summed E-state index contributed by atoms with van der Waals surface area (Å²) in [6, 6.07) is 6.68. The van der Waals surface area contributed by atoms with Gasteiger partial charge in [0.05, 0.1) is 5.69 Å². The second-order valence-electron chi connectivity index (χ2n) is 6.87. The lowest BCUT2D eigenvalue weighted by molar-refractivity contribution is 0.259. The smallest absolute Gasteiger partial charge is 0.226 e. The molecule has 1 aliphatic heterocycles. The van der Waals surface area contributed by atoms with E-state index in [-0.39, 0.29) is 18.2 Å². The van der Waals surface area contributed by atoms with Crippen LogP contribution in [0.4, 0.5) is 4.39 Å². The number of aromatic nitrogens is 1. The van der Waals surface area contributed by atoms with Gasteiger partial charge in [0.1, 0.15) is 12.1 Å². The molecule has 4 nitrogen and oxygen atoms in total. The first-order chi connectivity index (χ1) is 11.2. The normalized spacial score (nSPS) is 26.8. The Labute approximate surface area is 147 Å². The average Bonchev–Trinajstić information content (AvgIpc) is 3.15. The Morgan fingerprint density at radius 2 is 2.17 bits per heavy atom. The van der Waals surface area contributed by atoms with Crippen LogP contribution >= 0.6 is 12.4 Å². The molecular formula is C18H23ClFN3O. The van der Waals surface area contributed by atoms with Crippen molar-refractivity contribution in [3.63, 3.8) is 0 Å². The molecular weight excluding hydrogens is 329 g/mol. The van der Waals surface area contributed by atoms with E-state index in [2.05, 4.69) is 9.88 Å². The first kappa shape index (κ1) is 17.4. The maximum absolute atomic E-state index is 13.3. The van der Waals surface area contributed by atoms with Crippen LogP contribution < -0.4 is 5.73 Å². The first-order valence-corrected chi connectivity index (χ1v) is 8.37. The zero-order chi connectivity index (χ0) is 15.8. The average molecular weight is 352 g/mol. The predicted molar refractivity (Wildman–Crippen MR) is 93.2 cm³/mol. The first-order valence-electron chi connectivity index (χ1n) is 8.37. The standard InChI is InChI=1S/C18H22FN3O.ClH/c19-14-5-1-3-12(7-14)18-21-15(11-23-18)9-22-8-13-4-2-6-17(20)16(13)10-22;/h1,3,5,7,11,13,16-17H,2,4,6,8-10,20H2;1H. The second-order valence-corrected chi connectivity index (χ2v) is 6.87. The maximum Gasteiger partial charge on any atom is 0.226 e. The van der Waals surface area contributed by atoms with Crippen molar-refractivity contribution in [1.82, 2.24) is 9.88 Å². The summed E-state index contributed by atoms with van der Waals surface area (Å²) in [6.45, 7) is 2.92. The number of likely N-dealkylation sites (tertiary alicyclic amines) is 1. The number of benzene rings is 1. The maximum atomic E-state index is 13.3. The van der Waals surface area contributed by atoms with Crippen LogP contribution in [0.5, 0.6) is 0 Å². The molecule has 2 aromatic rings. The van der Waals surface area contributed by atoms with Crippen LogP contribution in [0.3, 0.4) is 0 Å². The lowest BCUT2D eigenvalue weighted by Gasteiger charge is -2.29. The summed E-state index contributed by atoms with van der Waals surface area (Å²) in [5.74, 6) is 1.55. The third kappa shape index (κ3) is 3.48. The van der Waals surface area contributed by atoms with Gasteiger partial charge in [0.25, 0.3) is 0 Å². The Bertz CT molecular complexity index is 692. The molecule has 6 heteroatoms. The van der Waals surface area contributed by atoms with E-state index in [4.69, 9.17) is 10.2 Å². The Morgan fingerprint density at radius 3 is 2.96 bits per heavy atom. The van der Waals surface area contributed by atoms with Gasteiger partial charge in [-0.15, -0.1) is 12.4 Å². The fourth-order valence-corrected chi connectivity index (χ4v) is 4.10. The van der Waals surface area contributed by atoms with Crippen molar-refractivity contribution in [3.8, 4) is 11.5 Å². The van der Waals surface area contributed by atoms with Crippen LogP contribution in [-0.2, 0) is 6.54 Å². The Morgan fingerprint density at radius 1 is 1.29 bits per heavy atom. The molecule has 0 spiro atoms. The van der Waals surface area contributed by atoms with Gasteiger partial charge in [-0.2, -0.15) is 0 Å². The molecule has 2 fully saturated rings. The van der Waals surface area contributed by atoms with E-state index >= 15 is 0 Å². The Balaban J connectivity index is 0.00000169. The topological polar surface area (TPSA) is 55.3 Å². The van der Waals surface area contributed by atoms with Crippen molar-refractivity contribution in [2.75, 3.05) is 13.1 Å². The van der Waals surface area contributed by atoms with E-state index in [0.29, 0.717) is 23.4 Å². The third-order valence-electron chi connectivity index (χ3n) is 5.24. The van der Waals surface area contributed by atoms with E-state index < -0.39 is 0 Å². The van der Waals surface area contributed by atoms with Gasteiger partial charge in [-0.3, -0.25) is 4.90 Å². The molecule has 0 radical (unpaired) electrons. The zero-order valence-corrected chi connectivity index (χ0v) is 14.3. The number of nitrogens with two attached hydrogens (primary N) is 1. The van der Waals surface area contributed by atoms with Crippen LogP contribution in [-0.4, -0.2) is 29.0 Å². The molecule has 130 valence electrons. The lowest BCUT2D eigenvalue weighted by Crippen LogP contribution is -2.38. The fraction of sp³-hybridized carbons (Fsp3) is 0.500. The summed E-state index contributed by atoms with van der Waals surface area (Å²) in [4.78, 5) is 6.94. The number of nitrogens with zero attached hydrogens (tertiary/aromatic N) is 2. The summed E-state index contributed by atoms with van der Waals surface area (Å²) < 4.78 is 18.8. The quantitative estimate of drug-likeness (QED) is 0.920. The van der Waals surface area contributed by atoms with Gasteiger partial charge in [-0.25, -0.2) is 9.37 Å². The minimum Gasteiger partial charge on any atom is -0.444 e. The molecule has 3 atom stereocenters. The van der Waals surface area contributed by atoms with Gasteiger partial charge < -0.3 is 10.2 Å². The van der Waals surface area contributed by atoms with E-state index in [0.717, 1.165) is 37.7 Å². The van der Waals surface area contributed by atoms with Crippen LogP contribution in [0.25, 0.3) is 11.5 Å². The number of rotatable bonds is 3. The molecule has 1 aromatic carbocycles. The van der Waals surface area contributed by atoms with Crippen molar-refractivity contribution in [3.05, 3.63) is 42.0 Å². The predicted octanol–water partition coefficient (Wildman–Crippen LogP) is 3.46. The van der Waals surface area contributed by atoms with E-state index in [1.165, 1.54) is 25.0 Å². The van der Waals surface area contributed by atoms with E-state index in [9.17, 15) is 4.39 Å². The SMILES string of the molecule is Cl.NC1CCCC2CN(Cc3coc(-c4cccc(F)c4)n3)CC12. The van der Waals surface area contributed by atoms with Gasteiger partial charge in [-0.05, 0) is 42.9 Å². The van der Waals surface area contributed by atoms with E-state index in [1.54, 1.807) is 12.3 Å². The van der Waals surface area contributed by atoms with Gasteiger partial charge in [0.15, 0.2) is 0 Å². The fourth-order valence-electron chi connectivity index (χ4n) is 4.10. The van der Waals surface area contributed by atoms with Gasteiger partial charge in [-0.1, -0.05) is 12.5 Å². The van der Waals surface area contributed by atoms with Crippen molar-refractivity contribution in [1.29, 1.82) is 0 Å². The summed E-state index contributed by atoms with van der Waals surface area (Å²) in [7, 11) is 0.